The van der Waals surface area contributed by atoms with E-state index >= 15 is 0 Å². The highest BCUT2D eigenvalue weighted by atomic mass is 127. The van der Waals surface area contributed by atoms with E-state index in [4.69, 9.17) is 16.3 Å². The van der Waals surface area contributed by atoms with E-state index in [1.54, 1.807) is 6.21 Å². The number of nitrogens with one attached hydrogen (secondary N) is 2. The predicted octanol–water partition coefficient (Wildman–Crippen LogP) is 5.99. The summed E-state index contributed by atoms with van der Waals surface area (Å²) in [5, 5.41) is 7.46. The maximum Gasteiger partial charge on any atom is 0.339 e. The lowest BCUT2D eigenvalue weighted by Gasteiger charge is -2.09. The van der Waals surface area contributed by atoms with Crippen molar-refractivity contribution in [2.75, 3.05) is 5.32 Å². The van der Waals surface area contributed by atoms with Gasteiger partial charge in [-0.3, -0.25) is 0 Å². The number of rotatable bonds is 6. The quantitative estimate of drug-likeness (QED) is 0.239. The third-order valence-electron chi connectivity index (χ3n) is 4.04. The summed E-state index contributed by atoms with van der Waals surface area (Å²) in [5.41, 5.74) is 6.09. The van der Waals surface area contributed by atoms with Crippen molar-refractivity contribution in [1.29, 1.82) is 0 Å². The van der Waals surface area contributed by atoms with Gasteiger partial charge in [0.25, 0.3) is 0 Å². The van der Waals surface area contributed by atoms with Crippen LogP contribution in [0.2, 0.25) is 5.02 Å². The van der Waals surface area contributed by atoms with Gasteiger partial charge in [0.2, 0.25) is 0 Å². The van der Waals surface area contributed by atoms with Crippen molar-refractivity contribution in [2.24, 2.45) is 5.10 Å². The molecule has 0 aromatic heterocycles. The van der Waals surface area contributed by atoms with Crippen molar-refractivity contribution in [1.82, 2.24) is 5.43 Å². The van der Waals surface area contributed by atoms with E-state index < -0.39 is 6.03 Å². The number of urea groups is 1. The maximum atomic E-state index is 12.0. The van der Waals surface area contributed by atoms with Crippen LogP contribution >= 0.6 is 34.2 Å². The third kappa shape index (κ3) is 6.47. The van der Waals surface area contributed by atoms with E-state index in [9.17, 15) is 4.79 Å². The summed E-state index contributed by atoms with van der Waals surface area (Å²) in [6.45, 7) is 2.39. The smallest absolute Gasteiger partial charge is 0.339 e. The van der Waals surface area contributed by atoms with Gasteiger partial charge >= 0.3 is 6.03 Å². The minimum absolute atomic E-state index is 0.395. The Balaban J connectivity index is 1.53. The Morgan fingerprint density at radius 2 is 1.90 bits per heavy atom. The Morgan fingerprint density at radius 1 is 1.14 bits per heavy atom. The Hall–Kier alpha value is -2.58. The highest BCUT2D eigenvalue weighted by Crippen LogP contribution is 2.23. The van der Waals surface area contributed by atoms with Gasteiger partial charge in [0.15, 0.2) is 0 Å². The van der Waals surface area contributed by atoms with Crippen LogP contribution in [0.3, 0.4) is 0 Å². The molecule has 3 aromatic rings. The standard InChI is InChI=1S/C22H19ClIN3O2/c1-15-4-2-3-5-20(15)26-22(28)27-25-13-17-8-11-21(19(24)12-17)29-14-16-6-9-18(23)10-7-16/h2-13H,14H2,1H3,(H2,26,27,28). The first-order valence-electron chi connectivity index (χ1n) is 8.84. The molecule has 0 bridgehead atoms. The average Bonchev–Trinajstić information content (AvgIpc) is 2.70. The highest BCUT2D eigenvalue weighted by Gasteiger charge is 2.04. The van der Waals surface area contributed by atoms with Gasteiger partial charge in [-0.15, -0.1) is 0 Å². The number of anilines is 1. The molecule has 0 radical (unpaired) electrons. The Bertz CT molecular complexity index is 1020. The first-order valence-corrected chi connectivity index (χ1v) is 10.3. The van der Waals surface area contributed by atoms with Crippen LogP contribution in [0, 0.1) is 10.5 Å². The molecular formula is C22H19ClIN3O2. The molecule has 2 N–H and O–H groups in total. The van der Waals surface area contributed by atoms with Crippen molar-refractivity contribution in [3.8, 4) is 5.75 Å². The van der Waals surface area contributed by atoms with E-state index in [1.807, 2.05) is 73.7 Å². The number of para-hydroxylation sites is 1. The molecule has 0 atom stereocenters. The van der Waals surface area contributed by atoms with Gasteiger partial charge in [0, 0.05) is 10.7 Å². The third-order valence-corrected chi connectivity index (χ3v) is 5.13. The average molecular weight is 520 g/mol. The van der Waals surface area contributed by atoms with Crippen molar-refractivity contribution < 1.29 is 9.53 Å². The second-order valence-corrected chi connectivity index (χ2v) is 7.84. The van der Waals surface area contributed by atoms with Gasteiger partial charge in [-0.05, 0) is 82.6 Å². The number of hydrogen-bond donors (Lipinski definition) is 2. The van der Waals surface area contributed by atoms with Crippen LogP contribution in [-0.2, 0) is 6.61 Å². The van der Waals surface area contributed by atoms with Crippen LogP contribution < -0.4 is 15.5 Å². The van der Waals surface area contributed by atoms with Crippen LogP contribution in [0.5, 0.6) is 5.75 Å². The molecule has 0 spiro atoms. The molecule has 7 heteroatoms. The molecule has 0 saturated heterocycles. The fourth-order valence-electron chi connectivity index (χ4n) is 2.49. The number of ether oxygens (including phenoxy) is 1. The summed E-state index contributed by atoms with van der Waals surface area (Å²) < 4.78 is 6.81. The molecule has 3 rings (SSSR count). The van der Waals surface area contributed by atoms with E-state index in [0.29, 0.717) is 11.6 Å². The van der Waals surface area contributed by atoms with Crippen molar-refractivity contribution in [3.63, 3.8) is 0 Å². The summed E-state index contributed by atoms with van der Waals surface area (Å²) in [6.07, 6.45) is 1.59. The van der Waals surface area contributed by atoms with E-state index in [-0.39, 0.29) is 0 Å². The number of carbonyl (C=O) groups excluding carboxylic acids is 1. The summed E-state index contributed by atoms with van der Waals surface area (Å²) in [6, 6.07) is 20.4. The SMILES string of the molecule is Cc1ccccc1NC(=O)NN=Cc1ccc(OCc2ccc(Cl)cc2)c(I)c1. The van der Waals surface area contributed by atoms with Gasteiger partial charge in [-0.25, -0.2) is 10.2 Å². The Kier molecular flexibility index (Phi) is 7.48. The first kappa shape index (κ1) is 21.1. The van der Waals surface area contributed by atoms with Gasteiger partial charge < -0.3 is 10.1 Å². The van der Waals surface area contributed by atoms with Gasteiger partial charge in [0.1, 0.15) is 12.4 Å². The molecule has 0 fully saturated rings. The lowest BCUT2D eigenvalue weighted by molar-refractivity contribution is 0.252. The number of hydrazone groups is 1. The van der Waals surface area contributed by atoms with E-state index in [0.717, 1.165) is 31.7 Å². The molecular weight excluding hydrogens is 501 g/mol. The molecule has 0 unspecified atom stereocenters. The van der Waals surface area contributed by atoms with Gasteiger partial charge in [0.05, 0.1) is 9.78 Å². The fraction of sp³-hybridized carbons (Fsp3) is 0.0909. The summed E-state index contributed by atoms with van der Waals surface area (Å²) in [4.78, 5) is 12.0. The lowest BCUT2D eigenvalue weighted by atomic mass is 10.2. The van der Waals surface area contributed by atoms with Crippen LogP contribution in [0.4, 0.5) is 10.5 Å². The van der Waals surface area contributed by atoms with Crippen molar-refractivity contribution >= 4 is 52.1 Å². The van der Waals surface area contributed by atoms with E-state index in [2.05, 4.69) is 38.4 Å². The predicted molar refractivity (Wildman–Crippen MR) is 126 cm³/mol. The first-order chi connectivity index (χ1) is 14.0. The number of amides is 2. The zero-order chi connectivity index (χ0) is 20.6. The second kappa shape index (κ2) is 10.3. The second-order valence-electron chi connectivity index (χ2n) is 6.24. The molecule has 0 aliphatic rings. The van der Waals surface area contributed by atoms with Crippen LogP contribution in [0.1, 0.15) is 16.7 Å². The zero-order valence-electron chi connectivity index (χ0n) is 15.7. The van der Waals surface area contributed by atoms with Crippen molar-refractivity contribution in [2.45, 2.75) is 13.5 Å². The monoisotopic (exact) mass is 519 g/mol. The minimum Gasteiger partial charge on any atom is -0.488 e. The number of aryl methyl sites for hydroxylation is 1. The number of halogens is 2. The lowest BCUT2D eigenvalue weighted by Crippen LogP contribution is -2.24. The molecule has 3 aromatic carbocycles. The molecule has 0 aliphatic carbocycles. The number of benzene rings is 3. The van der Waals surface area contributed by atoms with Crippen molar-refractivity contribution in [3.05, 3.63) is 92.0 Å². The van der Waals surface area contributed by atoms with Gasteiger partial charge in [-0.1, -0.05) is 41.9 Å². The maximum absolute atomic E-state index is 12.0. The molecule has 5 nitrogen and oxygen atoms in total. The van der Waals surface area contributed by atoms with Crippen LogP contribution in [0.15, 0.2) is 71.8 Å². The zero-order valence-corrected chi connectivity index (χ0v) is 18.6. The summed E-state index contributed by atoms with van der Waals surface area (Å²) in [5.74, 6) is 0.781. The summed E-state index contributed by atoms with van der Waals surface area (Å²) >= 11 is 8.11. The van der Waals surface area contributed by atoms with E-state index in [1.165, 1.54) is 0 Å². The Labute approximate surface area is 188 Å². The number of nitrogens with zero attached hydrogens (tertiary/aromatic N) is 1. The normalized spacial score (nSPS) is 10.7. The molecule has 29 heavy (non-hydrogen) atoms. The highest BCUT2D eigenvalue weighted by molar-refractivity contribution is 14.1. The molecule has 0 aliphatic heterocycles. The van der Waals surface area contributed by atoms with Crippen LogP contribution in [0.25, 0.3) is 0 Å². The Morgan fingerprint density at radius 3 is 2.62 bits per heavy atom. The molecule has 148 valence electrons. The number of hydrogen-bond acceptors (Lipinski definition) is 3. The topological polar surface area (TPSA) is 62.7 Å². The van der Waals surface area contributed by atoms with Gasteiger partial charge in [-0.2, -0.15) is 5.10 Å². The molecule has 2 amide bonds. The molecule has 0 heterocycles. The minimum atomic E-state index is -0.395. The molecule has 0 saturated carbocycles. The fourth-order valence-corrected chi connectivity index (χ4v) is 3.31. The van der Waals surface area contributed by atoms with Crippen LogP contribution in [-0.4, -0.2) is 12.2 Å². The largest absolute Gasteiger partial charge is 0.488 e. The number of carbonyl (C=O) groups is 1. The summed E-state index contributed by atoms with van der Waals surface area (Å²) in [7, 11) is 0.